The van der Waals surface area contributed by atoms with Crippen molar-refractivity contribution < 1.29 is 80.0 Å². The molecule has 1 atom stereocenters. The molecule has 3 heterocycles. The number of aldehydes is 1. The molecule has 10 nitrogen and oxygen atoms in total. The zero-order valence-electron chi connectivity index (χ0n) is 63.1. The van der Waals surface area contributed by atoms with Gasteiger partial charge in [-0.25, -0.2) is 0 Å². The summed E-state index contributed by atoms with van der Waals surface area (Å²) in [6.45, 7) is 21.1. The second-order valence-electron chi connectivity index (χ2n) is 28.0. The van der Waals surface area contributed by atoms with Crippen LogP contribution in [-0.2, 0) is 50.2 Å². The Morgan fingerprint density at radius 1 is 0.461 bits per heavy atom. The van der Waals surface area contributed by atoms with Crippen molar-refractivity contribution in [2.24, 2.45) is 5.41 Å². The summed E-state index contributed by atoms with van der Waals surface area (Å²) in [4.78, 5) is 11.2. The quantitative estimate of drug-likeness (QED) is 0.0137. The van der Waals surface area contributed by atoms with E-state index in [1.165, 1.54) is 187 Å². The van der Waals surface area contributed by atoms with Crippen molar-refractivity contribution in [2.45, 2.75) is 216 Å². The molecule has 0 bridgehead atoms. The second kappa shape index (κ2) is 44.3. The van der Waals surface area contributed by atoms with E-state index in [1.54, 1.807) is 38.1 Å². The van der Waals surface area contributed by atoms with Gasteiger partial charge in [-0.1, -0.05) is 198 Å². The SMILES string of the molecule is CC(C)(C)C1CCCO1.CCCCCCc1ccc2c(c1)c1cc(CCCCCC)ccc1n2-c1ccc(/C=C/c2ccc(C#N)cc2)cc1.CCCCCCc1ccc2c(c1)c1cc(CCCCCC)ccc1n2-c1ccc(C=O)cc1.CCOP(=O)(Cc1ccc(C#N)cc1)OCC.[K+].[OH-]. The van der Waals surface area contributed by atoms with Crippen LogP contribution in [0.2, 0.25) is 0 Å². The van der Waals surface area contributed by atoms with Gasteiger partial charge in [0.25, 0.3) is 0 Å². The summed E-state index contributed by atoms with van der Waals surface area (Å²) in [5.41, 5.74) is 18.5. The fourth-order valence-electron chi connectivity index (χ4n) is 13.4. The first-order chi connectivity index (χ1) is 48.7. The van der Waals surface area contributed by atoms with E-state index in [9.17, 15) is 9.36 Å². The molecule has 0 amide bonds. The Balaban J connectivity index is 0.000000238. The Bertz CT molecular complexity index is 4170. The number of carbonyl (C=O) groups excluding carboxylic acids is 1. The molecule has 12 heteroatoms. The van der Waals surface area contributed by atoms with Gasteiger partial charge in [0.2, 0.25) is 0 Å². The van der Waals surface area contributed by atoms with Crippen molar-refractivity contribution in [1.29, 1.82) is 10.5 Å². The Labute approximate surface area is 653 Å². The van der Waals surface area contributed by atoms with Gasteiger partial charge in [-0.2, -0.15) is 10.5 Å². The Hall–Kier alpha value is -6.54. The largest absolute Gasteiger partial charge is 1.00 e. The maximum Gasteiger partial charge on any atom is 1.00 e. The summed E-state index contributed by atoms with van der Waals surface area (Å²) in [7, 11) is -3.05. The van der Waals surface area contributed by atoms with Gasteiger partial charge in [0.15, 0.2) is 0 Å². The molecule has 1 saturated heterocycles. The maximum atomic E-state index is 12.2. The third kappa shape index (κ3) is 25.1. The maximum absolute atomic E-state index is 12.2. The van der Waals surface area contributed by atoms with Gasteiger partial charge in [-0.3, -0.25) is 9.36 Å². The zero-order chi connectivity index (χ0) is 71.1. The van der Waals surface area contributed by atoms with Gasteiger partial charge in [-0.15, -0.1) is 0 Å². The van der Waals surface area contributed by atoms with Crippen LogP contribution in [0.4, 0.5) is 0 Å². The smallest absolute Gasteiger partial charge is 0.870 e. The number of fused-ring (bicyclic) bond motifs is 6. The van der Waals surface area contributed by atoms with Crippen LogP contribution in [0.25, 0.3) is 67.1 Å². The molecule has 1 unspecified atom stereocenters. The van der Waals surface area contributed by atoms with Crippen LogP contribution in [0.1, 0.15) is 238 Å². The molecule has 1 aliphatic heterocycles. The standard InChI is InChI=1S/C39H42N2.C31H37NO.C12H16NO3P.C8H16O.K.H2O/c1-3-5-7-9-11-32-21-25-38-36(27-32)37-28-33(12-10-8-6-4-2)22-26-39(37)41(38)35-23-19-31(20-24-35)14-13-30-15-17-34(29-40)18-16-30;1-3-5-7-9-11-24-15-19-30-28(21-24)29-22-25(12-10-8-6-4-2)16-20-31(29)32(30)27-17-13-26(23-33)14-18-27;1-3-15-17(14,16-4-2)10-12-7-5-11(9-13)6-8-12;1-8(2,3)7-5-4-6-9-7;;/h13-28H,3-12H2,1-2H3;13-23H,3-12H2,1-2H3;5-8H,3-4,10H2,1-2H3;7H,4-6H2,1-3H3;;1H2/q;;;;+1;/p-1/b14-13+;;;;;. The molecule has 10 aromatic rings. The second-order valence-corrected chi connectivity index (χ2v) is 30.0. The van der Waals surface area contributed by atoms with Crippen molar-refractivity contribution in [3.05, 3.63) is 225 Å². The number of hydrogen-bond donors (Lipinski definition) is 0. The zero-order valence-corrected chi connectivity index (χ0v) is 67.1. The summed E-state index contributed by atoms with van der Waals surface area (Å²) < 4.78 is 32.9. The van der Waals surface area contributed by atoms with E-state index in [1.807, 2.05) is 42.5 Å². The molecule has 11 rings (SSSR count). The van der Waals surface area contributed by atoms with E-state index >= 15 is 0 Å². The summed E-state index contributed by atoms with van der Waals surface area (Å²) in [5.74, 6) is 0. The van der Waals surface area contributed by atoms with E-state index in [2.05, 4.69) is 185 Å². The van der Waals surface area contributed by atoms with Gasteiger partial charge in [0.1, 0.15) is 6.29 Å². The number of unbranched alkanes of at least 4 members (excludes halogenated alkanes) is 12. The van der Waals surface area contributed by atoms with Crippen LogP contribution in [0.15, 0.2) is 170 Å². The van der Waals surface area contributed by atoms with Gasteiger partial charge >= 0.3 is 59.0 Å². The number of aromatic nitrogens is 2. The molecule has 102 heavy (non-hydrogen) atoms. The van der Waals surface area contributed by atoms with Crippen molar-refractivity contribution in [3.8, 4) is 23.5 Å². The number of nitriles is 2. The van der Waals surface area contributed by atoms with Gasteiger partial charge in [0.05, 0.1) is 70.8 Å². The Morgan fingerprint density at radius 3 is 1.07 bits per heavy atom. The first kappa shape index (κ1) is 84.4. The van der Waals surface area contributed by atoms with E-state index < -0.39 is 7.60 Å². The predicted molar refractivity (Wildman–Crippen MR) is 425 cm³/mol. The molecule has 8 aromatic carbocycles. The summed E-state index contributed by atoms with van der Waals surface area (Å²) in [5, 5.41) is 23.1. The van der Waals surface area contributed by atoms with Crippen LogP contribution in [0, 0.1) is 28.1 Å². The minimum atomic E-state index is -3.05. The monoisotopic (exact) mass is 1410 g/mol. The number of nitrogens with zero attached hydrogens (tertiary/aromatic N) is 4. The first-order valence-electron chi connectivity index (χ1n) is 37.6. The number of hydrogen-bond acceptors (Lipinski definition) is 8. The minimum absolute atomic E-state index is 0. The van der Waals surface area contributed by atoms with E-state index in [0.717, 1.165) is 61.0 Å². The number of benzene rings is 8. The number of ether oxygens (including phenoxy) is 1. The Kier molecular flexibility index (Phi) is 36.7. The van der Waals surface area contributed by atoms with Crippen LogP contribution >= 0.6 is 7.60 Å². The number of rotatable bonds is 31. The third-order valence-electron chi connectivity index (χ3n) is 19.0. The van der Waals surface area contributed by atoms with Crippen LogP contribution in [-0.4, -0.2) is 46.8 Å². The first-order valence-corrected chi connectivity index (χ1v) is 39.4. The topological polar surface area (TPSA) is 149 Å². The van der Waals surface area contributed by atoms with Crippen LogP contribution < -0.4 is 51.4 Å². The van der Waals surface area contributed by atoms with E-state index in [0.29, 0.717) is 41.4 Å². The van der Waals surface area contributed by atoms with Crippen molar-refractivity contribution >= 4 is 69.6 Å². The van der Waals surface area contributed by atoms with Crippen molar-refractivity contribution in [2.75, 3.05) is 19.8 Å². The molecule has 0 spiro atoms. The molecule has 0 saturated carbocycles. The fourth-order valence-corrected chi connectivity index (χ4v) is 15.1. The summed E-state index contributed by atoms with van der Waals surface area (Å²) in [6.07, 6.45) is 33.6. The molecule has 1 N–H and O–H groups in total. The fraction of sp³-hybridized carbons (Fsp3) is 0.411. The number of carbonyl (C=O) groups is 1. The molecule has 534 valence electrons. The van der Waals surface area contributed by atoms with E-state index in [-0.39, 0.29) is 63.0 Å². The number of aryl methyl sites for hydroxylation is 4. The van der Waals surface area contributed by atoms with E-state index in [4.69, 9.17) is 24.3 Å². The molecule has 2 aromatic heterocycles. The minimum Gasteiger partial charge on any atom is -0.870 e. The molecular formula is C90H112KN4O6P. The molecule has 1 fully saturated rings. The predicted octanol–water partition coefficient (Wildman–Crippen LogP) is 22.3. The van der Waals surface area contributed by atoms with Gasteiger partial charge < -0.3 is 28.4 Å². The third-order valence-corrected chi connectivity index (χ3v) is 21.1. The van der Waals surface area contributed by atoms with Gasteiger partial charge in [-0.05, 0) is 232 Å². The van der Waals surface area contributed by atoms with Crippen LogP contribution in [0.5, 0.6) is 0 Å². The molecule has 1 aliphatic rings. The molecular weight excluding hydrogens is 1300 g/mol. The summed E-state index contributed by atoms with van der Waals surface area (Å²) >= 11 is 0. The summed E-state index contributed by atoms with van der Waals surface area (Å²) in [6, 6.07) is 63.9. The van der Waals surface area contributed by atoms with Crippen molar-refractivity contribution in [3.63, 3.8) is 0 Å². The van der Waals surface area contributed by atoms with Gasteiger partial charge in [0, 0.05) is 45.1 Å². The molecule has 0 radical (unpaired) electrons. The molecule has 0 aliphatic carbocycles. The average molecular weight is 1420 g/mol. The van der Waals surface area contributed by atoms with Crippen LogP contribution in [0.3, 0.4) is 0 Å². The van der Waals surface area contributed by atoms with Crippen molar-refractivity contribution in [1.82, 2.24) is 9.13 Å². The Morgan fingerprint density at radius 2 is 0.784 bits per heavy atom. The normalized spacial score (nSPS) is 12.8. The average Bonchev–Trinajstić information content (AvgIpc) is 1.60.